The standard InChI is InChI=1S/C10H9F2N3/c1-7-6-15(14-13-7)9-4-2-8(3-5-9)10(11)12/h2-6,10H,1H3. The summed E-state index contributed by atoms with van der Waals surface area (Å²) < 4.78 is 26.1. The summed E-state index contributed by atoms with van der Waals surface area (Å²) in [5.41, 5.74) is 1.52. The Morgan fingerprint density at radius 2 is 1.87 bits per heavy atom. The van der Waals surface area contributed by atoms with E-state index in [2.05, 4.69) is 10.3 Å². The smallest absolute Gasteiger partial charge is 0.220 e. The molecule has 0 aliphatic rings. The van der Waals surface area contributed by atoms with Crippen LogP contribution in [0.5, 0.6) is 0 Å². The fourth-order valence-corrected chi connectivity index (χ4v) is 1.25. The average Bonchev–Trinajstić information content (AvgIpc) is 2.65. The number of nitrogens with zero attached hydrogens (tertiary/aromatic N) is 3. The fraction of sp³-hybridized carbons (Fsp3) is 0.200. The van der Waals surface area contributed by atoms with Crippen LogP contribution in [0.3, 0.4) is 0 Å². The zero-order chi connectivity index (χ0) is 10.8. The van der Waals surface area contributed by atoms with Gasteiger partial charge in [-0.3, -0.25) is 0 Å². The highest BCUT2D eigenvalue weighted by molar-refractivity contribution is 5.34. The molecule has 5 heteroatoms. The van der Waals surface area contributed by atoms with Gasteiger partial charge in [0.05, 0.1) is 17.6 Å². The number of benzene rings is 1. The lowest BCUT2D eigenvalue weighted by atomic mass is 10.2. The van der Waals surface area contributed by atoms with Crippen molar-refractivity contribution in [2.24, 2.45) is 0 Å². The van der Waals surface area contributed by atoms with Gasteiger partial charge >= 0.3 is 0 Å². The van der Waals surface area contributed by atoms with Gasteiger partial charge in [-0.25, -0.2) is 13.5 Å². The second kappa shape index (κ2) is 3.76. The summed E-state index contributed by atoms with van der Waals surface area (Å²) >= 11 is 0. The molecule has 0 amide bonds. The number of alkyl halides is 2. The SMILES string of the molecule is Cc1cn(-c2ccc(C(F)F)cc2)nn1. The van der Waals surface area contributed by atoms with Crippen LogP contribution in [-0.2, 0) is 0 Å². The van der Waals surface area contributed by atoms with Gasteiger partial charge in [-0.15, -0.1) is 5.10 Å². The van der Waals surface area contributed by atoms with E-state index < -0.39 is 6.43 Å². The average molecular weight is 209 g/mol. The van der Waals surface area contributed by atoms with Crippen LogP contribution in [0.4, 0.5) is 8.78 Å². The molecule has 0 aliphatic heterocycles. The number of aromatic nitrogens is 3. The highest BCUT2D eigenvalue weighted by atomic mass is 19.3. The first-order chi connectivity index (χ1) is 7.16. The first-order valence-corrected chi connectivity index (χ1v) is 4.44. The maximum absolute atomic E-state index is 12.3. The van der Waals surface area contributed by atoms with Gasteiger partial charge in [0.2, 0.25) is 0 Å². The van der Waals surface area contributed by atoms with E-state index in [9.17, 15) is 8.78 Å². The van der Waals surface area contributed by atoms with Crippen molar-refractivity contribution < 1.29 is 8.78 Å². The summed E-state index contributed by atoms with van der Waals surface area (Å²) in [6.07, 6.45) is -0.700. The molecule has 2 rings (SSSR count). The molecule has 78 valence electrons. The minimum atomic E-state index is -2.43. The molecule has 0 fully saturated rings. The zero-order valence-corrected chi connectivity index (χ0v) is 8.06. The Kier molecular flexibility index (Phi) is 2.45. The molecule has 0 spiro atoms. The minimum absolute atomic E-state index is 0.00980. The highest BCUT2D eigenvalue weighted by Crippen LogP contribution is 2.19. The van der Waals surface area contributed by atoms with Crippen molar-refractivity contribution in [3.63, 3.8) is 0 Å². The highest BCUT2D eigenvalue weighted by Gasteiger charge is 2.06. The van der Waals surface area contributed by atoms with Crippen molar-refractivity contribution in [3.05, 3.63) is 41.7 Å². The van der Waals surface area contributed by atoms with Gasteiger partial charge in [0, 0.05) is 5.56 Å². The molecule has 0 saturated heterocycles. The van der Waals surface area contributed by atoms with Crippen LogP contribution >= 0.6 is 0 Å². The van der Waals surface area contributed by atoms with E-state index in [1.165, 1.54) is 12.1 Å². The van der Waals surface area contributed by atoms with E-state index in [-0.39, 0.29) is 5.56 Å². The lowest BCUT2D eigenvalue weighted by Gasteiger charge is -2.02. The molecular weight excluding hydrogens is 200 g/mol. The fourth-order valence-electron chi connectivity index (χ4n) is 1.25. The summed E-state index contributed by atoms with van der Waals surface area (Å²) in [6, 6.07) is 5.96. The molecular formula is C10H9F2N3. The van der Waals surface area contributed by atoms with Gasteiger partial charge in [0.1, 0.15) is 0 Å². The van der Waals surface area contributed by atoms with Crippen molar-refractivity contribution >= 4 is 0 Å². The predicted molar refractivity (Wildman–Crippen MR) is 51.1 cm³/mol. The van der Waals surface area contributed by atoms with E-state index in [1.807, 2.05) is 6.92 Å². The Morgan fingerprint density at radius 3 is 2.33 bits per heavy atom. The minimum Gasteiger partial charge on any atom is -0.220 e. The number of aryl methyl sites for hydroxylation is 1. The van der Waals surface area contributed by atoms with Gasteiger partial charge in [0.25, 0.3) is 6.43 Å². The molecule has 15 heavy (non-hydrogen) atoms. The molecule has 0 unspecified atom stereocenters. The third-order valence-electron chi connectivity index (χ3n) is 2.02. The number of rotatable bonds is 2. The molecule has 2 aromatic rings. The van der Waals surface area contributed by atoms with E-state index in [1.54, 1.807) is 23.0 Å². The number of hydrogen-bond acceptors (Lipinski definition) is 2. The summed E-state index contributed by atoms with van der Waals surface area (Å²) in [7, 11) is 0. The molecule has 0 radical (unpaired) electrons. The largest absolute Gasteiger partial charge is 0.263 e. The van der Waals surface area contributed by atoms with E-state index in [0.29, 0.717) is 0 Å². The molecule has 0 aliphatic carbocycles. The first-order valence-electron chi connectivity index (χ1n) is 4.44. The van der Waals surface area contributed by atoms with Gasteiger partial charge in [-0.2, -0.15) is 0 Å². The third kappa shape index (κ3) is 2.01. The lowest BCUT2D eigenvalue weighted by Crippen LogP contribution is -1.95. The van der Waals surface area contributed by atoms with E-state index in [0.717, 1.165) is 11.4 Å². The molecule has 3 nitrogen and oxygen atoms in total. The maximum atomic E-state index is 12.3. The van der Waals surface area contributed by atoms with Gasteiger partial charge in [-0.05, 0) is 19.1 Å². The molecule has 1 aromatic heterocycles. The van der Waals surface area contributed by atoms with Crippen LogP contribution in [0.15, 0.2) is 30.5 Å². The Labute approximate surface area is 85.3 Å². The summed E-state index contributed by atoms with van der Waals surface area (Å²) in [5, 5.41) is 7.66. The van der Waals surface area contributed by atoms with Crippen LogP contribution in [0.2, 0.25) is 0 Å². The second-order valence-electron chi connectivity index (χ2n) is 3.20. The summed E-state index contributed by atoms with van der Waals surface area (Å²) in [4.78, 5) is 0. The van der Waals surface area contributed by atoms with Crippen molar-refractivity contribution in [3.8, 4) is 5.69 Å². The monoisotopic (exact) mass is 209 g/mol. The Morgan fingerprint density at radius 1 is 1.20 bits per heavy atom. The lowest BCUT2D eigenvalue weighted by molar-refractivity contribution is 0.151. The Balaban J connectivity index is 2.31. The molecule has 0 bridgehead atoms. The molecule has 1 heterocycles. The van der Waals surface area contributed by atoms with E-state index >= 15 is 0 Å². The Bertz CT molecular complexity index is 448. The molecule has 0 N–H and O–H groups in total. The summed E-state index contributed by atoms with van der Waals surface area (Å²) in [6.45, 7) is 1.82. The van der Waals surface area contributed by atoms with Gasteiger partial charge in [0.15, 0.2) is 0 Å². The third-order valence-corrected chi connectivity index (χ3v) is 2.02. The van der Waals surface area contributed by atoms with Crippen molar-refractivity contribution in [2.75, 3.05) is 0 Å². The van der Waals surface area contributed by atoms with Crippen molar-refractivity contribution in [1.82, 2.24) is 15.0 Å². The molecule has 0 atom stereocenters. The zero-order valence-electron chi connectivity index (χ0n) is 8.06. The van der Waals surface area contributed by atoms with Crippen LogP contribution in [0.1, 0.15) is 17.7 Å². The summed E-state index contributed by atoms with van der Waals surface area (Å²) in [5.74, 6) is 0. The quantitative estimate of drug-likeness (QED) is 0.760. The van der Waals surface area contributed by atoms with Crippen molar-refractivity contribution in [2.45, 2.75) is 13.3 Å². The Hall–Kier alpha value is -1.78. The topological polar surface area (TPSA) is 30.7 Å². The first kappa shape index (κ1) is 9.76. The number of hydrogen-bond donors (Lipinski definition) is 0. The molecule has 0 saturated carbocycles. The van der Waals surface area contributed by atoms with Gasteiger partial charge < -0.3 is 0 Å². The number of halogens is 2. The maximum Gasteiger partial charge on any atom is 0.263 e. The van der Waals surface area contributed by atoms with Crippen LogP contribution < -0.4 is 0 Å². The normalized spacial score (nSPS) is 10.9. The van der Waals surface area contributed by atoms with Crippen LogP contribution in [-0.4, -0.2) is 15.0 Å². The molecule has 1 aromatic carbocycles. The predicted octanol–water partition coefficient (Wildman–Crippen LogP) is 2.51. The van der Waals surface area contributed by atoms with E-state index in [4.69, 9.17) is 0 Å². The van der Waals surface area contributed by atoms with Crippen LogP contribution in [0.25, 0.3) is 5.69 Å². The second-order valence-corrected chi connectivity index (χ2v) is 3.20. The van der Waals surface area contributed by atoms with Crippen LogP contribution in [0, 0.1) is 6.92 Å². The van der Waals surface area contributed by atoms with Gasteiger partial charge in [-0.1, -0.05) is 17.3 Å². The van der Waals surface area contributed by atoms with Crippen molar-refractivity contribution in [1.29, 1.82) is 0 Å².